The number of morpholine rings is 2. The predicted molar refractivity (Wildman–Crippen MR) is 76.8 cm³/mol. The summed E-state index contributed by atoms with van der Waals surface area (Å²) < 4.78 is 11.2. The molecule has 2 saturated heterocycles. The lowest BCUT2D eigenvalue weighted by Gasteiger charge is -2.44. The summed E-state index contributed by atoms with van der Waals surface area (Å²) in [6, 6.07) is 0.539. The molecule has 0 unspecified atom stereocenters. The molecule has 0 aromatic carbocycles. The second-order valence-corrected chi connectivity index (χ2v) is 6.32. The SMILES string of the molecule is O[C@H](CN1CCOCC1)CN1CCO[C@H]2CCCC[C@H]21. The van der Waals surface area contributed by atoms with E-state index in [1.54, 1.807) is 0 Å². The molecular weight excluding hydrogens is 256 g/mol. The van der Waals surface area contributed by atoms with Crippen molar-refractivity contribution in [2.75, 3.05) is 52.5 Å². The first-order valence-corrected chi connectivity index (χ1v) is 8.17. The summed E-state index contributed by atoms with van der Waals surface area (Å²) in [5.74, 6) is 0. The fourth-order valence-corrected chi connectivity index (χ4v) is 3.81. The van der Waals surface area contributed by atoms with E-state index in [4.69, 9.17) is 9.47 Å². The minimum Gasteiger partial charge on any atom is -0.390 e. The lowest BCUT2D eigenvalue weighted by molar-refractivity contribution is -0.0997. The summed E-state index contributed by atoms with van der Waals surface area (Å²) in [7, 11) is 0. The quantitative estimate of drug-likeness (QED) is 0.806. The standard InChI is InChI=1S/C15H28N2O3/c18-13(11-16-5-8-19-9-6-16)12-17-7-10-20-15-4-2-1-3-14(15)17/h13-15,18H,1-12H2/t13-,14-,15+/m1/s1. The molecule has 3 rings (SSSR count). The molecule has 0 bridgehead atoms. The van der Waals surface area contributed by atoms with Crippen LogP contribution >= 0.6 is 0 Å². The van der Waals surface area contributed by atoms with Gasteiger partial charge in [0.1, 0.15) is 0 Å². The van der Waals surface area contributed by atoms with Gasteiger partial charge in [-0.15, -0.1) is 0 Å². The Morgan fingerprint density at radius 3 is 2.65 bits per heavy atom. The van der Waals surface area contributed by atoms with Gasteiger partial charge in [-0.3, -0.25) is 9.80 Å². The normalized spacial score (nSPS) is 34.6. The molecule has 2 heterocycles. The van der Waals surface area contributed by atoms with Crippen molar-refractivity contribution in [2.45, 2.75) is 43.9 Å². The first kappa shape index (κ1) is 14.7. The number of ether oxygens (including phenoxy) is 2. The molecule has 5 nitrogen and oxygen atoms in total. The highest BCUT2D eigenvalue weighted by atomic mass is 16.5. The Morgan fingerprint density at radius 1 is 1.00 bits per heavy atom. The zero-order chi connectivity index (χ0) is 13.8. The molecule has 0 spiro atoms. The maximum atomic E-state index is 10.4. The van der Waals surface area contributed by atoms with Crippen LogP contribution in [0.3, 0.4) is 0 Å². The molecule has 3 aliphatic rings. The molecule has 1 saturated carbocycles. The first-order chi connectivity index (χ1) is 9.83. The van der Waals surface area contributed by atoms with Crippen LogP contribution in [0.15, 0.2) is 0 Å². The van der Waals surface area contributed by atoms with Gasteiger partial charge in [0.25, 0.3) is 0 Å². The monoisotopic (exact) mass is 284 g/mol. The molecule has 1 N–H and O–H groups in total. The topological polar surface area (TPSA) is 45.2 Å². The van der Waals surface area contributed by atoms with Crippen molar-refractivity contribution in [2.24, 2.45) is 0 Å². The molecule has 0 radical (unpaired) electrons. The molecule has 2 aliphatic heterocycles. The van der Waals surface area contributed by atoms with Crippen LogP contribution in [0.1, 0.15) is 25.7 Å². The molecule has 1 aliphatic carbocycles. The lowest BCUT2D eigenvalue weighted by Crippen LogP contribution is -2.55. The van der Waals surface area contributed by atoms with E-state index in [1.807, 2.05) is 0 Å². The Bertz CT molecular complexity index is 295. The molecule has 0 aromatic rings. The Kier molecular flexibility index (Phi) is 5.29. The predicted octanol–water partition coefficient (Wildman–Crippen LogP) is 0.323. The molecular formula is C15H28N2O3. The number of nitrogens with zero attached hydrogens (tertiary/aromatic N) is 2. The number of hydrogen-bond donors (Lipinski definition) is 1. The van der Waals surface area contributed by atoms with Gasteiger partial charge in [-0.25, -0.2) is 0 Å². The van der Waals surface area contributed by atoms with Crippen LogP contribution < -0.4 is 0 Å². The third-order valence-electron chi connectivity index (χ3n) is 4.87. The van der Waals surface area contributed by atoms with Crippen LogP contribution in [-0.4, -0.2) is 85.7 Å². The highest BCUT2D eigenvalue weighted by Crippen LogP contribution is 2.28. The molecule has 20 heavy (non-hydrogen) atoms. The summed E-state index contributed by atoms with van der Waals surface area (Å²) in [4.78, 5) is 4.78. The highest BCUT2D eigenvalue weighted by molar-refractivity contribution is 4.88. The fraction of sp³-hybridized carbons (Fsp3) is 1.00. The average molecular weight is 284 g/mol. The second-order valence-electron chi connectivity index (χ2n) is 6.32. The van der Waals surface area contributed by atoms with Crippen LogP contribution in [-0.2, 0) is 9.47 Å². The third-order valence-corrected chi connectivity index (χ3v) is 4.87. The van der Waals surface area contributed by atoms with Gasteiger partial charge < -0.3 is 14.6 Å². The van der Waals surface area contributed by atoms with Gasteiger partial charge in [0.2, 0.25) is 0 Å². The maximum Gasteiger partial charge on any atom is 0.0793 e. The van der Waals surface area contributed by atoms with Gasteiger partial charge in [0.15, 0.2) is 0 Å². The van der Waals surface area contributed by atoms with Crippen molar-refractivity contribution >= 4 is 0 Å². The summed E-state index contributed by atoms with van der Waals surface area (Å²) in [5, 5.41) is 10.4. The number of fused-ring (bicyclic) bond motifs is 1. The zero-order valence-corrected chi connectivity index (χ0v) is 12.4. The summed E-state index contributed by atoms with van der Waals surface area (Å²) in [6.45, 7) is 6.87. The van der Waals surface area contributed by atoms with Crippen molar-refractivity contribution in [1.29, 1.82) is 0 Å². The second kappa shape index (κ2) is 7.18. The van der Waals surface area contributed by atoms with E-state index in [0.29, 0.717) is 12.1 Å². The Labute approximate surface area is 121 Å². The van der Waals surface area contributed by atoms with Crippen molar-refractivity contribution in [3.8, 4) is 0 Å². The van der Waals surface area contributed by atoms with E-state index in [2.05, 4.69) is 9.80 Å². The van der Waals surface area contributed by atoms with E-state index < -0.39 is 0 Å². The van der Waals surface area contributed by atoms with Crippen molar-refractivity contribution < 1.29 is 14.6 Å². The van der Waals surface area contributed by atoms with E-state index in [9.17, 15) is 5.11 Å². The van der Waals surface area contributed by atoms with Crippen LogP contribution in [0, 0.1) is 0 Å². The van der Waals surface area contributed by atoms with E-state index in [1.165, 1.54) is 25.7 Å². The Morgan fingerprint density at radius 2 is 1.80 bits per heavy atom. The van der Waals surface area contributed by atoms with Gasteiger partial charge in [0.05, 0.1) is 32.0 Å². The van der Waals surface area contributed by atoms with E-state index in [0.717, 1.165) is 52.5 Å². The van der Waals surface area contributed by atoms with Gasteiger partial charge in [-0.1, -0.05) is 12.8 Å². The van der Waals surface area contributed by atoms with Gasteiger partial charge >= 0.3 is 0 Å². The highest BCUT2D eigenvalue weighted by Gasteiger charge is 2.34. The van der Waals surface area contributed by atoms with Crippen LogP contribution in [0.5, 0.6) is 0 Å². The Balaban J connectivity index is 1.47. The number of hydrogen-bond acceptors (Lipinski definition) is 5. The van der Waals surface area contributed by atoms with Crippen molar-refractivity contribution in [3.63, 3.8) is 0 Å². The minimum absolute atomic E-state index is 0.256. The van der Waals surface area contributed by atoms with Crippen LogP contribution in [0.2, 0.25) is 0 Å². The molecule has 3 atom stereocenters. The number of aliphatic hydroxyl groups is 1. The summed E-state index contributed by atoms with van der Waals surface area (Å²) in [5.41, 5.74) is 0. The average Bonchev–Trinajstić information content (AvgIpc) is 2.48. The van der Waals surface area contributed by atoms with Crippen molar-refractivity contribution in [3.05, 3.63) is 0 Å². The number of rotatable bonds is 4. The summed E-state index contributed by atoms with van der Waals surface area (Å²) >= 11 is 0. The van der Waals surface area contributed by atoms with Gasteiger partial charge in [-0.2, -0.15) is 0 Å². The van der Waals surface area contributed by atoms with Crippen LogP contribution in [0.25, 0.3) is 0 Å². The number of aliphatic hydroxyl groups excluding tert-OH is 1. The van der Waals surface area contributed by atoms with E-state index >= 15 is 0 Å². The smallest absolute Gasteiger partial charge is 0.0793 e. The van der Waals surface area contributed by atoms with Gasteiger partial charge in [-0.05, 0) is 12.8 Å². The maximum absolute atomic E-state index is 10.4. The number of β-amino-alcohol motifs (C(OH)–C–C–N with tert-alkyl or cyclic N) is 1. The first-order valence-electron chi connectivity index (χ1n) is 8.17. The minimum atomic E-state index is -0.256. The lowest BCUT2D eigenvalue weighted by atomic mass is 9.90. The zero-order valence-electron chi connectivity index (χ0n) is 12.4. The fourth-order valence-electron chi connectivity index (χ4n) is 3.81. The van der Waals surface area contributed by atoms with Crippen LogP contribution in [0.4, 0.5) is 0 Å². The van der Waals surface area contributed by atoms with Gasteiger partial charge in [0, 0.05) is 38.8 Å². The molecule has 5 heteroatoms. The molecule has 0 amide bonds. The molecule has 0 aromatic heterocycles. The molecule has 116 valence electrons. The largest absolute Gasteiger partial charge is 0.390 e. The summed E-state index contributed by atoms with van der Waals surface area (Å²) in [6.07, 6.45) is 5.18. The third kappa shape index (κ3) is 3.71. The van der Waals surface area contributed by atoms with E-state index in [-0.39, 0.29) is 6.10 Å². The molecule has 3 fully saturated rings. The van der Waals surface area contributed by atoms with Crippen molar-refractivity contribution in [1.82, 2.24) is 9.80 Å². The Hall–Kier alpha value is -0.200.